The summed E-state index contributed by atoms with van der Waals surface area (Å²) < 4.78 is 43.7. The van der Waals surface area contributed by atoms with Crippen LogP contribution in [0.4, 0.5) is 13.2 Å². The lowest BCUT2D eigenvalue weighted by Gasteiger charge is -2.11. The Hall–Kier alpha value is -3.35. The molecule has 0 atom stereocenters. The van der Waals surface area contributed by atoms with Crippen LogP contribution in [0.5, 0.6) is 11.6 Å². The van der Waals surface area contributed by atoms with Crippen LogP contribution in [-0.2, 0) is 6.18 Å². The summed E-state index contributed by atoms with van der Waals surface area (Å²) in [5.74, 6) is 0.590. The Balaban J connectivity index is 1.67. The highest BCUT2D eigenvalue weighted by molar-refractivity contribution is 5.82. The molecule has 26 heavy (non-hydrogen) atoms. The van der Waals surface area contributed by atoms with Gasteiger partial charge in [-0.05, 0) is 54.1 Å². The maximum Gasteiger partial charge on any atom is 0.416 e. The SMILES string of the molecule is FC(F)(F)c1ccc(Oc2ncccc2-c2ccc3nc[nH]c3c2)cc1. The molecule has 0 saturated carbocycles. The number of aromatic nitrogens is 3. The van der Waals surface area contributed by atoms with E-state index in [-0.39, 0.29) is 5.75 Å². The molecule has 0 aliphatic carbocycles. The van der Waals surface area contributed by atoms with Gasteiger partial charge in [0.15, 0.2) is 0 Å². The predicted octanol–water partition coefficient (Wildman–Crippen LogP) is 5.44. The van der Waals surface area contributed by atoms with Crippen molar-refractivity contribution in [3.05, 3.63) is 72.7 Å². The summed E-state index contributed by atoms with van der Waals surface area (Å²) in [5, 5.41) is 0. The largest absolute Gasteiger partial charge is 0.438 e. The first-order valence-corrected chi connectivity index (χ1v) is 7.74. The quantitative estimate of drug-likeness (QED) is 0.533. The third-order valence-corrected chi connectivity index (χ3v) is 3.90. The number of fused-ring (bicyclic) bond motifs is 1. The summed E-state index contributed by atoms with van der Waals surface area (Å²) in [6.07, 6.45) is -1.21. The van der Waals surface area contributed by atoms with Crippen LogP contribution in [0, 0.1) is 0 Å². The highest BCUT2D eigenvalue weighted by Crippen LogP contribution is 2.34. The van der Waals surface area contributed by atoms with Crippen LogP contribution >= 0.6 is 0 Å². The lowest BCUT2D eigenvalue weighted by Crippen LogP contribution is -2.04. The number of hydrogen-bond donors (Lipinski definition) is 1. The van der Waals surface area contributed by atoms with E-state index in [0.717, 1.165) is 34.3 Å². The molecule has 0 unspecified atom stereocenters. The number of aromatic amines is 1. The Morgan fingerprint density at radius 2 is 1.73 bits per heavy atom. The molecule has 7 heteroatoms. The van der Waals surface area contributed by atoms with Crippen LogP contribution in [0.3, 0.4) is 0 Å². The summed E-state index contributed by atoms with van der Waals surface area (Å²) in [4.78, 5) is 11.4. The van der Waals surface area contributed by atoms with Crippen molar-refractivity contribution in [2.45, 2.75) is 6.18 Å². The third-order valence-electron chi connectivity index (χ3n) is 3.90. The van der Waals surface area contributed by atoms with Crippen LogP contribution in [-0.4, -0.2) is 15.0 Å². The minimum atomic E-state index is -4.38. The average Bonchev–Trinajstić information content (AvgIpc) is 3.09. The second-order valence-corrected chi connectivity index (χ2v) is 5.61. The summed E-state index contributed by atoms with van der Waals surface area (Å²) in [7, 11) is 0. The van der Waals surface area contributed by atoms with E-state index in [1.165, 1.54) is 12.1 Å². The van der Waals surface area contributed by atoms with E-state index in [4.69, 9.17) is 4.74 Å². The minimum Gasteiger partial charge on any atom is -0.438 e. The average molecular weight is 355 g/mol. The van der Waals surface area contributed by atoms with E-state index < -0.39 is 11.7 Å². The topological polar surface area (TPSA) is 50.8 Å². The molecule has 130 valence electrons. The van der Waals surface area contributed by atoms with Gasteiger partial charge in [-0.2, -0.15) is 13.2 Å². The molecule has 0 radical (unpaired) electrons. The molecule has 0 aliphatic heterocycles. The van der Waals surface area contributed by atoms with Gasteiger partial charge in [-0.1, -0.05) is 6.07 Å². The van der Waals surface area contributed by atoms with Crippen LogP contribution in [0.1, 0.15) is 5.56 Å². The van der Waals surface area contributed by atoms with Gasteiger partial charge in [0.05, 0.1) is 22.9 Å². The number of nitrogens with one attached hydrogen (secondary N) is 1. The molecule has 4 aromatic rings. The monoisotopic (exact) mass is 355 g/mol. The number of nitrogens with zero attached hydrogens (tertiary/aromatic N) is 2. The normalized spacial score (nSPS) is 11.7. The second kappa shape index (κ2) is 6.18. The zero-order chi connectivity index (χ0) is 18.1. The number of hydrogen-bond acceptors (Lipinski definition) is 3. The molecule has 0 amide bonds. The second-order valence-electron chi connectivity index (χ2n) is 5.61. The number of pyridine rings is 1. The molecule has 0 aliphatic rings. The standard InChI is InChI=1S/C19H12F3N3O/c20-19(21,22)13-4-6-14(7-5-13)26-18-15(2-1-9-23-18)12-3-8-16-17(10-12)25-11-24-16/h1-11H,(H,24,25). The zero-order valence-corrected chi connectivity index (χ0v) is 13.3. The molecule has 0 spiro atoms. The Kier molecular flexibility index (Phi) is 3.84. The third kappa shape index (κ3) is 3.11. The fourth-order valence-corrected chi connectivity index (χ4v) is 2.62. The molecule has 4 rings (SSSR count). The molecular formula is C19H12F3N3O. The van der Waals surface area contributed by atoms with E-state index in [2.05, 4.69) is 15.0 Å². The van der Waals surface area contributed by atoms with Gasteiger partial charge in [0.25, 0.3) is 0 Å². The first kappa shape index (κ1) is 16.1. The Morgan fingerprint density at radius 3 is 2.50 bits per heavy atom. The Morgan fingerprint density at radius 1 is 0.923 bits per heavy atom. The fourth-order valence-electron chi connectivity index (χ4n) is 2.62. The van der Waals surface area contributed by atoms with Gasteiger partial charge in [-0.15, -0.1) is 0 Å². The van der Waals surface area contributed by atoms with Crippen molar-refractivity contribution < 1.29 is 17.9 Å². The van der Waals surface area contributed by atoms with Crippen molar-refractivity contribution in [2.75, 3.05) is 0 Å². The summed E-state index contributed by atoms with van der Waals surface area (Å²) in [6, 6.07) is 13.8. The van der Waals surface area contributed by atoms with Crippen molar-refractivity contribution in [1.29, 1.82) is 0 Å². The van der Waals surface area contributed by atoms with Crippen LogP contribution in [0.2, 0.25) is 0 Å². The first-order chi connectivity index (χ1) is 12.5. The van der Waals surface area contributed by atoms with E-state index in [0.29, 0.717) is 5.88 Å². The maximum absolute atomic E-state index is 12.7. The van der Waals surface area contributed by atoms with Crippen molar-refractivity contribution in [1.82, 2.24) is 15.0 Å². The van der Waals surface area contributed by atoms with Crippen LogP contribution in [0.25, 0.3) is 22.2 Å². The Labute approximate surface area is 146 Å². The smallest absolute Gasteiger partial charge is 0.416 e. The van der Waals surface area contributed by atoms with Gasteiger partial charge in [0.2, 0.25) is 5.88 Å². The number of ether oxygens (including phenoxy) is 1. The zero-order valence-electron chi connectivity index (χ0n) is 13.3. The minimum absolute atomic E-state index is 0.278. The number of rotatable bonds is 3. The summed E-state index contributed by atoms with van der Waals surface area (Å²) >= 11 is 0. The Bertz CT molecular complexity index is 1060. The lowest BCUT2D eigenvalue weighted by molar-refractivity contribution is -0.137. The van der Waals surface area contributed by atoms with Crippen LogP contribution in [0.15, 0.2) is 67.1 Å². The molecule has 1 N–H and O–H groups in total. The highest BCUT2D eigenvalue weighted by atomic mass is 19.4. The fraction of sp³-hybridized carbons (Fsp3) is 0.0526. The molecule has 2 aromatic heterocycles. The number of halogens is 3. The molecule has 4 nitrogen and oxygen atoms in total. The molecule has 2 aromatic carbocycles. The summed E-state index contributed by atoms with van der Waals surface area (Å²) in [5.41, 5.74) is 2.56. The molecule has 0 saturated heterocycles. The number of alkyl halides is 3. The first-order valence-electron chi connectivity index (χ1n) is 7.74. The maximum atomic E-state index is 12.7. The van der Waals surface area contributed by atoms with E-state index in [9.17, 15) is 13.2 Å². The molecule has 2 heterocycles. The van der Waals surface area contributed by atoms with Gasteiger partial charge in [0, 0.05) is 11.8 Å². The summed E-state index contributed by atoms with van der Waals surface area (Å²) in [6.45, 7) is 0. The molecular weight excluding hydrogens is 343 g/mol. The van der Waals surface area contributed by atoms with E-state index in [1.807, 2.05) is 24.3 Å². The lowest BCUT2D eigenvalue weighted by atomic mass is 10.1. The van der Waals surface area contributed by atoms with Crippen molar-refractivity contribution >= 4 is 11.0 Å². The number of benzene rings is 2. The van der Waals surface area contributed by atoms with E-state index in [1.54, 1.807) is 18.6 Å². The van der Waals surface area contributed by atoms with E-state index >= 15 is 0 Å². The number of H-pyrrole nitrogens is 1. The van der Waals surface area contributed by atoms with Crippen molar-refractivity contribution in [3.63, 3.8) is 0 Å². The van der Waals surface area contributed by atoms with Gasteiger partial charge >= 0.3 is 6.18 Å². The molecule has 0 fully saturated rings. The highest BCUT2D eigenvalue weighted by Gasteiger charge is 2.30. The van der Waals surface area contributed by atoms with Gasteiger partial charge in [0.1, 0.15) is 5.75 Å². The predicted molar refractivity (Wildman–Crippen MR) is 90.8 cm³/mol. The number of imidazole rings is 1. The van der Waals surface area contributed by atoms with Gasteiger partial charge in [-0.25, -0.2) is 9.97 Å². The molecule has 0 bridgehead atoms. The van der Waals surface area contributed by atoms with Crippen molar-refractivity contribution in [2.24, 2.45) is 0 Å². The van der Waals surface area contributed by atoms with Gasteiger partial charge in [-0.3, -0.25) is 0 Å². The van der Waals surface area contributed by atoms with Gasteiger partial charge < -0.3 is 9.72 Å². The van der Waals surface area contributed by atoms with Crippen molar-refractivity contribution in [3.8, 4) is 22.8 Å². The van der Waals surface area contributed by atoms with Crippen LogP contribution < -0.4 is 4.74 Å².